The number of hydrogen-bond donors (Lipinski definition) is 3. The molecular formula is C15H23ClN2O3. The number of fused-ring (bicyclic) bond motifs is 1. The van der Waals surface area contributed by atoms with Crippen LogP contribution in [0.2, 0.25) is 5.02 Å². The van der Waals surface area contributed by atoms with E-state index < -0.39 is 0 Å². The smallest absolute Gasteiger partial charge is 0.179 e. The molecule has 1 aromatic carbocycles. The first-order valence-electron chi connectivity index (χ1n) is 7.31. The summed E-state index contributed by atoms with van der Waals surface area (Å²) >= 11 is 6.31. The van der Waals surface area contributed by atoms with Crippen LogP contribution in [0.5, 0.6) is 11.5 Å². The van der Waals surface area contributed by atoms with Crippen LogP contribution in [-0.4, -0.2) is 37.5 Å². The summed E-state index contributed by atoms with van der Waals surface area (Å²) in [6.45, 7) is 3.83. The molecule has 21 heavy (non-hydrogen) atoms. The van der Waals surface area contributed by atoms with Crippen LogP contribution in [0.1, 0.15) is 31.4 Å². The van der Waals surface area contributed by atoms with Gasteiger partial charge in [0.25, 0.3) is 0 Å². The van der Waals surface area contributed by atoms with E-state index in [-0.39, 0.29) is 18.7 Å². The second kappa shape index (κ2) is 7.84. The molecular weight excluding hydrogens is 292 g/mol. The molecule has 0 aromatic heterocycles. The number of aliphatic hydroxyl groups is 1. The summed E-state index contributed by atoms with van der Waals surface area (Å²) in [7, 11) is 0. The number of benzene rings is 1. The minimum atomic E-state index is -0.0406. The van der Waals surface area contributed by atoms with Crippen molar-refractivity contribution >= 4 is 11.6 Å². The van der Waals surface area contributed by atoms with Crippen LogP contribution in [0.4, 0.5) is 0 Å². The summed E-state index contributed by atoms with van der Waals surface area (Å²) in [4.78, 5) is 0. The maximum atomic E-state index is 9.00. The average molecular weight is 315 g/mol. The van der Waals surface area contributed by atoms with E-state index in [4.69, 9.17) is 31.9 Å². The third kappa shape index (κ3) is 4.23. The van der Waals surface area contributed by atoms with E-state index in [1.807, 2.05) is 19.1 Å². The highest BCUT2D eigenvalue weighted by Gasteiger charge is 2.20. The van der Waals surface area contributed by atoms with Gasteiger partial charge >= 0.3 is 0 Å². The Labute approximate surface area is 130 Å². The minimum Gasteiger partial charge on any atom is -0.489 e. The van der Waals surface area contributed by atoms with Gasteiger partial charge in [0, 0.05) is 31.7 Å². The highest BCUT2D eigenvalue weighted by molar-refractivity contribution is 6.32. The molecule has 2 atom stereocenters. The molecule has 1 aliphatic heterocycles. The summed E-state index contributed by atoms with van der Waals surface area (Å²) in [6.07, 6.45) is 1.52. The number of nitrogens with two attached hydrogens (primary N) is 1. The molecule has 2 rings (SSSR count). The van der Waals surface area contributed by atoms with Gasteiger partial charge in [-0.1, -0.05) is 11.6 Å². The molecule has 5 nitrogen and oxygen atoms in total. The molecule has 0 spiro atoms. The maximum Gasteiger partial charge on any atom is 0.179 e. The lowest BCUT2D eigenvalue weighted by atomic mass is 10.0. The SMILES string of the molecule is CC(CCO)NC(CN)c1cc(Cl)c2c(c1)OCCCO2. The lowest BCUT2D eigenvalue weighted by Crippen LogP contribution is -2.35. The quantitative estimate of drug-likeness (QED) is 0.747. The van der Waals surface area contributed by atoms with Crippen molar-refractivity contribution in [2.24, 2.45) is 5.73 Å². The fourth-order valence-electron chi connectivity index (χ4n) is 2.37. The van der Waals surface area contributed by atoms with Crippen LogP contribution in [0.15, 0.2) is 12.1 Å². The number of ether oxygens (including phenoxy) is 2. The summed E-state index contributed by atoms with van der Waals surface area (Å²) in [5.74, 6) is 1.28. The van der Waals surface area contributed by atoms with Gasteiger partial charge in [0.05, 0.1) is 18.2 Å². The molecule has 1 aliphatic rings. The lowest BCUT2D eigenvalue weighted by Gasteiger charge is -2.23. The molecule has 0 aliphatic carbocycles. The third-order valence-corrected chi connectivity index (χ3v) is 3.79. The van der Waals surface area contributed by atoms with Crippen LogP contribution in [-0.2, 0) is 0 Å². The number of rotatable bonds is 6. The van der Waals surface area contributed by atoms with E-state index in [1.165, 1.54) is 0 Å². The van der Waals surface area contributed by atoms with Crippen LogP contribution in [0.25, 0.3) is 0 Å². The van der Waals surface area contributed by atoms with Gasteiger partial charge in [-0.3, -0.25) is 0 Å². The summed E-state index contributed by atoms with van der Waals surface area (Å²) in [5.41, 5.74) is 6.84. The van der Waals surface area contributed by atoms with Gasteiger partial charge < -0.3 is 25.6 Å². The standard InChI is InChI=1S/C15H23ClN2O3/c1-10(3-4-19)18-13(9-17)11-7-12(16)15-14(8-11)20-5-2-6-21-15/h7-8,10,13,18-19H,2-6,9,17H2,1H3. The Balaban J connectivity index is 2.21. The number of nitrogens with one attached hydrogen (secondary N) is 1. The molecule has 4 N–H and O–H groups in total. The van der Waals surface area contributed by atoms with Crippen molar-refractivity contribution in [1.82, 2.24) is 5.32 Å². The lowest BCUT2D eigenvalue weighted by molar-refractivity contribution is 0.263. The van der Waals surface area contributed by atoms with Crippen LogP contribution >= 0.6 is 11.6 Å². The molecule has 118 valence electrons. The van der Waals surface area contributed by atoms with Crippen LogP contribution in [0.3, 0.4) is 0 Å². The van der Waals surface area contributed by atoms with Crippen LogP contribution < -0.4 is 20.5 Å². The Morgan fingerprint density at radius 3 is 2.86 bits per heavy atom. The van der Waals surface area contributed by atoms with Crippen molar-refractivity contribution in [3.63, 3.8) is 0 Å². The first kappa shape index (κ1) is 16.4. The van der Waals surface area contributed by atoms with E-state index in [1.54, 1.807) is 0 Å². The second-order valence-electron chi connectivity index (χ2n) is 5.25. The van der Waals surface area contributed by atoms with E-state index in [9.17, 15) is 0 Å². The normalized spacial score (nSPS) is 17.1. The molecule has 0 radical (unpaired) electrons. The van der Waals surface area contributed by atoms with E-state index in [0.29, 0.717) is 42.7 Å². The summed E-state index contributed by atoms with van der Waals surface area (Å²) < 4.78 is 11.3. The zero-order valence-corrected chi connectivity index (χ0v) is 13.0. The highest BCUT2D eigenvalue weighted by atomic mass is 35.5. The Hall–Kier alpha value is -1.01. The Morgan fingerprint density at radius 1 is 1.38 bits per heavy atom. The topological polar surface area (TPSA) is 76.7 Å². The van der Waals surface area contributed by atoms with Gasteiger partial charge in [-0.05, 0) is 31.0 Å². The molecule has 2 unspecified atom stereocenters. The molecule has 0 saturated carbocycles. The van der Waals surface area contributed by atoms with Crippen molar-refractivity contribution in [3.8, 4) is 11.5 Å². The molecule has 6 heteroatoms. The molecule has 0 amide bonds. The maximum absolute atomic E-state index is 9.00. The van der Waals surface area contributed by atoms with Gasteiger partial charge in [-0.15, -0.1) is 0 Å². The summed E-state index contributed by atoms with van der Waals surface area (Å²) in [5, 5.41) is 12.9. The molecule has 0 fully saturated rings. The number of halogens is 1. The van der Waals surface area contributed by atoms with Crippen molar-refractivity contribution in [1.29, 1.82) is 0 Å². The second-order valence-corrected chi connectivity index (χ2v) is 5.66. The molecule has 1 heterocycles. The van der Waals surface area contributed by atoms with Gasteiger partial charge in [0.2, 0.25) is 0 Å². The van der Waals surface area contributed by atoms with Crippen molar-refractivity contribution in [2.75, 3.05) is 26.4 Å². The zero-order valence-electron chi connectivity index (χ0n) is 12.3. The predicted molar refractivity (Wildman–Crippen MR) is 83.2 cm³/mol. The number of aliphatic hydroxyl groups excluding tert-OH is 1. The van der Waals surface area contributed by atoms with E-state index in [2.05, 4.69) is 5.32 Å². The average Bonchev–Trinajstić information content (AvgIpc) is 2.70. The number of hydrogen-bond acceptors (Lipinski definition) is 5. The van der Waals surface area contributed by atoms with Gasteiger partial charge in [0.1, 0.15) is 0 Å². The molecule has 0 saturated heterocycles. The molecule has 1 aromatic rings. The fraction of sp³-hybridized carbons (Fsp3) is 0.600. The first-order valence-corrected chi connectivity index (χ1v) is 7.69. The minimum absolute atomic E-state index is 0.0406. The Bertz CT molecular complexity index is 470. The Morgan fingerprint density at radius 2 is 2.14 bits per heavy atom. The molecule has 0 bridgehead atoms. The van der Waals surface area contributed by atoms with E-state index >= 15 is 0 Å². The van der Waals surface area contributed by atoms with Crippen molar-refractivity contribution < 1.29 is 14.6 Å². The zero-order chi connectivity index (χ0) is 15.2. The van der Waals surface area contributed by atoms with Gasteiger partial charge in [0.15, 0.2) is 11.5 Å². The van der Waals surface area contributed by atoms with Gasteiger partial charge in [-0.25, -0.2) is 0 Å². The summed E-state index contributed by atoms with van der Waals surface area (Å²) in [6, 6.07) is 3.92. The van der Waals surface area contributed by atoms with E-state index in [0.717, 1.165) is 12.0 Å². The van der Waals surface area contributed by atoms with Gasteiger partial charge in [-0.2, -0.15) is 0 Å². The van der Waals surface area contributed by atoms with Crippen molar-refractivity contribution in [2.45, 2.75) is 31.8 Å². The third-order valence-electron chi connectivity index (χ3n) is 3.51. The first-order chi connectivity index (χ1) is 10.2. The Kier molecular flexibility index (Phi) is 6.11. The van der Waals surface area contributed by atoms with Crippen molar-refractivity contribution in [3.05, 3.63) is 22.7 Å². The largest absolute Gasteiger partial charge is 0.489 e. The fourth-order valence-corrected chi connectivity index (χ4v) is 2.65. The predicted octanol–water partition coefficient (Wildman–Crippen LogP) is 1.86. The highest BCUT2D eigenvalue weighted by Crippen LogP contribution is 2.39. The van der Waals surface area contributed by atoms with Crippen LogP contribution in [0, 0.1) is 0 Å². The monoisotopic (exact) mass is 314 g/mol.